The molecular formula is C17H26O2. The highest BCUT2D eigenvalue weighted by Crippen LogP contribution is 2.09. The number of aliphatic carboxylic acids is 1. The molecule has 0 saturated heterocycles. The molecule has 0 aliphatic carbocycles. The molecule has 0 spiro atoms. The number of rotatable bonds is 8. The van der Waals surface area contributed by atoms with Crippen LogP contribution in [-0.2, 0) is 4.79 Å². The number of carbonyl (C=O) groups is 1. The highest BCUT2D eigenvalue weighted by atomic mass is 16.4. The summed E-state index contributed by atoms with van der Waals surface area (Å²) in [6.45, 7) is 8.43. The Labute approximate surface area is 117 Å². The third-order valence-corrected chi connectivity index (χ3v) is 2.87. The van der Waals surface area contributed by atoms with Crippen molar-refractivity contribution in [1.82, 2.24) is 0 Å². The number of hydrogen-bond donors (Lipinski definition) is 1. The first-order valence-corrected chi connectivity index (χ1v) is 6.88. The van der Waals surface area contributed by atoms with Gasteiger partial charge in [-0.05, 0) is 25.2 Å². The van der Waals surface area contributed by atoms with Gasteiger partial charge in [-0.1, -0.05) is 69.2 Å². The van der Waals surface area contributed by atoms with Gasteiger partial charge in [0.25, 0.3) is 0 Å². The average Bonchev–Trinajstić information content (AvgIpc) is 2.35. The van der Waals surface area contributed by atoms with E-state index in [-0.39, 0.29) is 0 Å². The van der Waals surface area contributed by atoms with Gasteiger partial charge in [0.05, 0.1) is 0 Å². The molecular weight excluding hydrogens is 236 g/mol. The number of allylic oxidation sites excluding steroid dienone is 7. The van der Waals surface area contributed by atoms with E-state index >= 15 is 0 Å². The molecule has 0 heterocycles. The van der Waals surface area contributed by atoms with Crippen molar-refractivity contribution in [3.05, 3.63) is 48.1 Å². The summed E-state index contributed by atoms with van der Waals surface area (Å²) < 4.78 is 0. The molecule has 0 aromatic rings. The van der Waals surface area contributed by atoms with Crippen LogP contribution in [0.5, 0.6) is 0 Å². The summed E-state index contributed by atoms with van der Waals surface area (Å²) in [5, 5.41) is 8.53. The lowest BCUT2D eigenvalue weighted by Crippen LogP contribution is -1.89. The summed E-state index contributed by atoms with van der Waals surface area (Å²) in [7, 11) is 0. The topological polar surface area (TPSA) is 37.3 Å². The Hall–Kier alpha value is -1.57. The first-order chi connectivity index (χ1) is 8.95. The normalized spacial score (nSPS) is 16.5. The molecule has 0 unspecified atom stereocenters. The lowest BCUT2D eigenvalue weighted by atomic mass is 10.0. The number of carboxylic acid groups (broad SMARTS) is 1. The van der Waals surface area contributed by atoms with Gasteiger partial charge in [-0.2, -0.15) is 0 Å². The Morgan fingerprint density at radius 2 is 1.84 bits per heavy atom. The quantitative estimate of drug-likeness (QED) is 0.506. The van der Waals surface area contributed by atoms with E-state index in [1.165, 1.54) is 12.5 Å². The van der Waals surface area contributed by atoms with E-state index in [4.69, 9.17) is 5.11 Å². The summed E-state index contributed by atoms with van der Waals surface area (Å²) in [4.78, 5) is 10.4. The van der Waals surface area contributed by atoms with Gasteiger partial charge in [0, 0.05) is 6.08 Å². The van der Waals surface area contributed by atoms with Gasteiger partial charge in [-0.15, -0.1) is 0 Å². The molecule has 0 fully saturated rings. The predicted octanol–water partition coefficient (Wildman–Crippen LogP) is 4.76. The SMILES string of the molecule is CC[C@H](C)/C=C/C=C/C[C@H](C)/C=C(C)/C=C/C(=O)O. The minimum absolute atomic E-state index is 0.409. The van der Waals surface area contributed by atoms with Gasteiger partial charge in [-0.3, -0.25) is 0 Å². The molecule has 0 saturated carbocycles. The standard InChI is InChI=1S/C17H26O2/c1-5-14(2)9-7-6-8-10-15(3)13-16(4)11-12-17(18)19/h6-9,11-15H,5,10H2,1-4H3,(H,18,19)/b8-6+,9-7+,12-11+,16-13+/t14-,15-/m0/s1. The highest BCUT2D eigenvalue weighted by molar-refractivity contribution is 5.80. The lowest BCUT2D eigenvalue weighted by molar-refractivity contribution is -0.131. The van der Waals surface area contributed by atoms with Crippen molar-refractivity contribution in [2.75, 3.05) is 0 Å². The van der Waals surface area contributed by atoms with E-state index in [1.807, 2.05) is 6.92 Å². The van der Waals surface area contributed by atoms with Crippen molar-refractivity contribution < 1.29 is 9.90 Å². The third kappa shape index (κ3) is 11.3. The van der Waals surface area contributed by atoms with Gasteiger partial charge in [0.2, 0.25) is 0 Å². The molecule has 0 aliphatic heterocycles. The number of hydrogen-bond acceptors (Lipinski definition) is 1. The largest absolute Gasteiger partial charge is 0.478 e. The summed E-state index contributed by atoms with van der Waals surface area (Å²) >= 11 is 0. The molecule has 2 nitrogen and oxygen atoms in total. The summed E-state index contributed by atoms with van der Waals surface area (Å²) in [6, 6.07) is 0. The monoisotopic (exact) mass is 262 g/mol. The van der Waals surface area contributed by atoms with Gasteiger partial charge in [-0.25, -0.2) is 4.79 Å². The van der Waals surface area contributed by atoms with Crippen molar-refractivity contribution in [2.24, 2.45) is 11.8 Å². The third-order valence-electron chi connectivity index (χ3n) is 2.87. The fraction of sp³-hybridized carbons (Fsp3) is 0.471. The van der Waals surface area contributed by atoms with Crippen LogP contribution < -0.4 is 0 Å². The van der Waals surface area contributed by atoms with Crippen molar-refractivity contribution in [3.63, 3.8) is 0 Å². The lowest BCUT2D eigenvalue weighted by Gasteiger charge is -2.02. The minimum Gasteiger partial charge on any atom is -0.478 e. The van der Waals surface area contributed by atoms with Crippen LogP contribution >= 0.6 is 0 Å². The highest BCUT2D eigenvalue weighted by Gasteiger charge is 1.95. The second-order valence-corrected chi connectivity index (χ2v) is 4.99. The molecule has 19 heavy (non-hydrogen) atoms. The molecule has 0 aliphatic rings. The Morgan fingerprint density at radius 3 is 2.42 bits per heavy atom. The van der Waals surface area contributed by atoms with Crippen LogP contribution in [0.1, 0.15) is 40.5 Å². The fourth-order valence-corrected chi connectivity index (χ4v) is 1.54. The van der Waals surface area contributed by atoms with Gasteiger partial charge >= 0.3 is 5.97 Å². The molecule has 0 radical (unpaired) electrons. The van der Waals surface area contributed by atoms with Crippen LogP contribution in [0.4, 0.5) is 0 Å². The second-order valence-electron chi connectivity index (χ2n) is 4.99. The molecule has 0 amide bonds. The van der Waals surface area contributed by atoms with E-state index in [0.29, 0.717) is 11.8 Å². The first kappa shape index (κ1) is 17.4. The Kier molecular flexibility index (Phi) is 9.51. The minimum atomic E-state index is -0.907. The molecule has 0 bridgehead atoms. The Morgan fingerprint density at radius 1 is 1.16 bits per heavy atom. The molecule has 0 aromatic heterocycles. The summed E-state index contributed by atoms with van der Waals surface area (Å²) in [6.07, 6.45) is 15.5. The van der Waals surface area contributed by atoms with Crippen LogP contribution in [0.3, 0.4) is 0 Å². The maximum absolute atomic E-state index is 10.4. The molecule has 0 aromatic carbocycles. The van der Waals surface area contributed by atoms with Crippen LogP contribution in [0.25, 0.3) is 0 Å². The van der Waals surface area contributed by atoms with Gasteiger partial charge in [0.15, 0.2) is 0 Å². The molecule has 0 rings (SSSR count). The maximum atomic E-state index is 10.4. The molecule has 2 atom stereocenters. The fourth-order valence-electron chi connectivity index (χ4n) is 1.54. The van der Waals surface area contributed by atoms with Crippen molar-refractivity contribution in [3.8, 4) is 0 Å². The van der Waals surface area contributed by atoms with Crippen LogP contribution in [0, 0.1) is 11.8 Å². The van der Waals surface area contributed by atoms with E-state index in [2.05, 4.69) is 51.2 Å². The summed E-state index contributed by atoms with van der Waals surface area (Å²) in [5.74, 6) is 0.132. The van der Waals surface area contributed by atoms with Gasteiger partial charge in [0.1, 0.15) is 0 Å². The van der Waals surface area contributed by atoms with Gasteiger partial charge < -0.3 is 5.11 Å². The maximum Gasteiger partial charge on any atom is 0.328 e. The molecule has 2 heteroatoms. The van der Waals surface area contributed by atoms with Crippen LogP contribution in [0.2, 0.25) is 0 Å². The Bertz CT molecular complexity index is 373. The second kappa shape index (κ2) is 10.4. The van der Waals surface area contributed by atoms with E-state index in [9.17, 15) is 4.79 Å². The van der Waals surface area contributed by atoms with E-state index < -0.39 is 5.97 Å². The Balaban J connectivity index is 4.14. The molecule has 106 valence electrons. The number of carboxylic acids is 1. The molecule has 1 N–H and O–H groups in total. The summed E-state index contributed by atoms with van der Waals surface area (Å²) in [5.41, 5.74) is 0.985. The van der Waals surface area contributed by atoms with E-state index in [1.54, 1.807) is 6.08 Å². The zero-order chi connectivity index (χ0) is 14.7. The van der Waals surface area contributed by atoms with Crippen molar-refractivity contribution in [2.45, 2.75) is 40.5 Å². The predicted molar refractivity (Wildman–Crippen MR) is 82.0 cm³/mol. The smallest absolute Gasteiger partial charge is 0.328 e. The average molecular weight is 262 g/mol. The van der Waals surface area contributed by atoms with E-state index in [0.717, 1.165) is 12.0 Å². The first-order valence-electron chi connectivity index (χ1n) is 6.88. The van der Waals surface area contributed by atoms with Crippen LogP contribution in [0.15, 0.2) is 48.1 Å². The zero-order valence-corrected chi connectivity index (χ0v) is 12.5. The zero-order valence-electron chi connectivity index (χ0n) is 12.5. The van der Waals surface area contributed by atoms with Crippen LogP contribution in [-0.4, -0.2) is 11.1 Å². The van der Waals surface area contributed by atoms with Crippen molar-refractivity contribution in [1.29, 1.82) is 0 Å². The van der Waals surface area contributed by atoms with Crippen molar-refractivity contribution >= 4 is 5.97 Å².